The normalized spacial score (nSPS) is 13.5. The van der Waals surface area contributed by atoms with Crippen LogP contribution in [0.25, 0.3) is 0 Å². The summed E-state index contributed by atoms with van der Waals surface area (Å²) in [7, 11) is 0. The Labute approximate surface area is 221 Å². The number of aldehydes is 1. The van der Waals surface area contributed by atoms with Crippen molar-refractivity contribution in [2.45, 2.75) is 63.2 Å². The second-order valence-electron chi connectivity index (χ2n) is 7.94. The standard InChI is InChI=1S/C21H31N5O11S/c1-10(28)23-14(8-18(33)34)21(37)25-12(5-6-38-2)20(36)24-11(3-4-16(22)30)19(35)26-13(7-17(31)32)15(29)9-27/h9,11-14H,3-8H2,1-2H3,(H2,22,30)(H,23,28)(H,24,36)(H,25,37)(H,26,35)(H,31,32)(H,33,34)/t11-,12-,13-,14-/m0/s1. The Morgan fingerprint density at radius 1 is 0.763 bits per heavy atom. The summed E-state index contributed by atoms with van der Waals surface area (Å²) < 4.78 is 0. The molecule has 0 heterocycles. The maximum absolute atomic E-state index is 13.0. The number of carboxylic acids is 2. The highest BCUT2D eigenvalue weighted by Gasteiger charge is 2.32. The average Bonchev–Trinajstić information content (AvgIpc) is 2.81. The minimum atomic E-state index is -1.74. The lowest BCUT2D eigenvalue weighted by atomic mass is 10.1. The van der Waals surface area contributed by atoms with Crippen molar-refractivity contribution >= 4 is 65.3 Å². The largest absolute Gasteiger partial charge is 0.481 e. The highest BCUT2D eigenvalue weighted by Crippen LogP contribution is 2.06. The Morgan fingerprint density at radius 2 is 1.21 bits per heavy atom. The number of primary amides is 1. The molecule has 0 aromatic rings. The monoisotopic (exact) mass is 561 g/mol. The molecule has 212 valence electrons. The van der Waals surface area contributed by atoms with Gasteiger partial charge in [0.1, 0.15) is 24.2 Å². The van der Waals surface area contributed by atoms with E-state index in [9.17, 15) is 43.2 Å². The van der Waals surface area contributed by atoms with Gasteiger partial charge in [-0.15, -0.1) is 0 Å². The van der Waals surface area contributed by atoms with Crippen LogP contribution in [0.1, 0.15) is 39.0 Å². The summed E-state index contributed by atoms with van der Waals surface area (Å²) in [4.78, 5) is 106. The number of aliphatic carboxylic acids is 2. The van der Waals surface area contributed by atoms with E-state index in [1.54, 1.807) is 6.26 Å². The van der Waals surface area contributed by atoms with E-state index >= 15 is 0 Å². The molecule has 0 aromatic carbocycles. The lowest BCUT2D eigenvalue weighted by Crippen LogP contribution is -2.58. The number of ketones is 1. The summed E-state index contributed by atoms with van der Waals surface area (Å²) in [6, 6.07) is -6.11. The van der Waals surface area contributed by atoms with E-state index in [1.165, 1.54) is 11.8 Å². The zero-order valence-electron chi connectivity index (χ0n) is 20.7. The Balaban J connectivity index is 5.85. The van der Waals surface area contributed by atoms with Crippen molar-refractivity contribution in [3.05, 3.63) is 0 Å². The van der Waals surface area contributed by atoms with Crippen molar-refractivity contribution < 1.29 is 53.4 Å². The van der Waals surface area contributed by atoms with Gasteiger partial charge in [0.25, 0.3) is 0 Å². The van der Waals surface area contributed by atoms with Crippen LogP contribution in [0.4, 0.5) is 0 Å². The van der Waals surface area contributed by atoms with E-state index in [2.05, 4.69) is 16.0 Å². The third kappa shape index (κ3) is 13.9. The Bertz CT molecular complexity index is 927. The molecule has 0 fully saturated rings. The summed E-state index contributed by atoms with van der Waals surface area (Å²) in [5.74, 6) is -8.38. The van der Waals surface area contributed by atoms with Gasteiger partial charge in [0, 0.05) is 13.3 Å². The van der Waals surface area contributed by atoms with E-state index in [1.807, 2.05) is 5.32 Å². The first-order valence-electron chi connectivity index (χ1n) is 11.1. The van der Waals surface area contributed by atoms with Gasteiger partial charge >= 0.3 is 11.9 Å². The number of rotatable bonds is 19. The molecule has 0 saturated heterocycles. The highest BCUT2D eigenvalue weighted by molar-refractivity contribution is 7.98. The fourth-order valence-corrected chi connectivity index (χ4v) is 3.46. The van der Waals surface area contributed by atoms with Crippen LogP contribution in [0.3, 0.4) is 0 Å². The number of Topliss-reactive ketones (excluding diaryl/α,β-unsaturated/α-hetero) is 1. The summed E-state index contributed by atoms with van der Waals surface area (Å²) in [6.07, 6.45) is -0.956. The summed E-state index contributed by atoms with van der Waals surface area (Å²) in [6.45, 7) is 1.06. The SMILES string of the molecule is CSCC[C@H](NC(=O)[C@H](CC(=O)O)NC(C)=O)C(=O)N[C@@H](CCC(N)=O)C(=O)N[C@@H](CC(=O)O)C(=O)C=O. The summed E-state index contributed by atoms with van der Waals surface area (Å²) in [5.41, 5.74) is 5.11. The predicted octanol–water partition coefficient (Wildman–Crippen LogP) is -3.32. The van der Waals surface area contributed by atoms with Gasteiger partial charge in [-0.2, -0.15) is 11.8 Å². The van der Waals surface area contributed by atoms with Crippen LogP contribution in [0.5, 0.6) is 0 Å². The number of nitrogens with two attached hydrogens (primary N) is 1. The number of nitrogens with one attached hydrogen (secondary N) is 4. The van der Waals surface area contributed by atoms with Crippen LogP contribution >= 0.6 is 11.8 Å². The van der Waals surface area contributed by atoms with Gasteiger partial charge in [-0.25, -0.2) is 0 Å². The van der Waals surface area contributed by atoms with Gasteiger partial charge in [0.05, 0.1) is 12.8 Å². The average molecular weight is 562 g/mol. The second-order valence-corrected chi connectivity index (χ2v) is 8.92. The highest BCUT2D eigenvalue weighted by atomic mass is 32.2. The van der Waals surface area contributed by atoms with Crippen molar-refractivity contribution in [1.29, 1.82) is 0 Å². The van der Waals surface area contributed by atoms with Gasteiger partial charge in [-0.05, 0) is 24.9 Å². The van der Waals surface area contributed by atoms with Gasteiger partial charge in [-0.1, -0.05) is 0 Å². The second kappa shape index (κ2) is 17.4. The molecule has 0 saturated carbocycles. The van der Waals surface area contributed by atoms with Crippen LogP contribution < -0.4 is 27.0 Å². The number of carbonyl (C=O) groups excluding carboxylic acids is 7. The number of amides is 5. The molecule has 0 bridgehead atoms. The molecule has 0 aliphatic rings. The smallest absolute Gasteiger partial charge is 0.305 e. The number of thioether (sulfide) groups is 1. The zero-order valence-corrected chi connectivity index (χ0v) is 21.5. The molecule has 0 spiro atoms. The molecule has 5 amide bonds. The van der Waals surface area contributed by atoms with Crippen LogP contribution in [0.15, 0.2) is 0 Å². The van der Waals surface area contributed by atoms with Crippen LogP contribution in [0.2, 0.25) is 0 Å². The van der Waals surface area contributed by atoms with Crippen molar-refractivity contribution in [3.8, 4) is 0 Å². The first kappa shape index (κ1) is 34.0. The van der Waals surface area contributed by atoms with E-state index in [0.29, 0.717) is 5.75 Å². The van der Waals surface area contributed by atoms with E-state index in [4.69, 9.17) is 15.9 Å². The maximum atomic E-state index is 13.0. The topological polar surface area (TPSA) is 268 Å². The van der Waals surface area contributed by atoms with Crippen LogP contribution in [-0.2, 0) is 43.2 Å². The van der Waals surface area contributed by atoms with Gasteiger partial charge < -0.3 is 37.2 Å². The molecule has 0 aliphatic carbocycles. The lowest BCUT2D eigenvalue weighted by Gasteiger charge is -2.25. The number of carbonyl (C=O) groups is 9. The fourth-order valence-electron chi connectivity index (χ4n) is 2.99. The van der Waals surface area contributed by atoms with Crippen LogP contribution in [-0.4, -0.2) is 99.9 Å². The Morgan fingerprint density at radius 3 is 1.63 bits per heavy atom. The van der Waals surface area contributed by atoms with Gasteiger partial charge in [0.2, 0.25) is 35.3 Å². The molecule has 0 aromatic heterocycles. The van der Waals surface area contributed by atoms with Crippen molar-refractivity contribution in [2.24, 2.45) is 5.73 Å². The predicted molar refractivity (Wildman–Crippen MR) is 130 cm³/mol. The van der Waals surface area contributed by atoms with Crippen molar-refractivity contribution in [2.75, 3.05) is 12.0 Å². The van der Waals surface area contributed by atoms with Crippen LogP contribution in [0, 0.1) is 0 Å². The van der Waals surface area contributed by atoms with E-state index < -0.39 is 90.7 Å². The number of hydrogen-bond acceptors (Lipinski definition) is 10. The maximum Gasteiger partial charge on any atom is 0.305 e. The first-order valence-corrected chi connectivity index (χ1v) is 12.5. The van der Waals surface area contributed by atoms with Gasteiger partial charge in [0.15, 0.2) is 6.29 Å². The molecule has 38 heavy (non-hydrogen) atoms. The molecule has 8 N–H and O–H groups in total. The molecule has 17 heteroatoms. The van der Waals surface area contributed by atoms with Crippen molar-refractivity contribution in [1.82, 2.24) is 21.3 Å². The quantitative estimate of drug-likeness (QED) is 0.0603. The molecule has 0 rings (SSSR count). The summed E-state index contributed by atoms with van der Waals surface area (Å²) in [5, 5.41) is 26.8. The van der Waals surface area contributed by atoms with E-state index in [-0.39, 0.29) is 19.1 Å². The molecular formula is C21H31N5O11S. The fraction of sp³-hybridized carbons (Fsp3) is 0.571. The third-order valence-corrected chi connectivity index (χ3v) is 5.43. The molecule has 0 aliphatic heterocycles. The molecule has 0 unspecified atom stereocenters. The molecule has 4 atom stereocenters. The summed E-state index contributed by atoms with van der Waals surface area (Å²) >= 11 is 1.30. The first-order chi connectivity index (χ1) is 17.7. The minimum Gasteiger partial charge on any atom is -0.481 e. The Kier molecular flexibility index (Phi) is 15.6. The molecular weight excluding hydrogens is 530 g/mol. The zero-order chi connectivity index (χ0) is 29.4. The Hall–Kier alpha value is -4.02. The number of hydrogen-bond donors (Lipinski definition) is 7. The minimum absolute atomic E-state index is 0.00796. The third-order valence-electron chi connectivity index (χ3n) is 4.78. The molecule has 0 radical (unpaired) electrons. The van der Waals surface area contributed by atoms with Gasteiger partial charge in [-0.3, -0.25) is 43.2 Å². The van der Waals surface area contributed by atoms with E-state index in [0.717, 1.165) is 6.92 Å². The van der Waals surface area contributed by atoms with Crippen molar-refractivity contribution in [3.63, 3.8) is 0 Å². The lowest BCUT2D eigenvalue weighted by molar-refractivity contribution is -0.142. The number of carboxylic acid groups (broad SMARTS) is 2. The molecule has 16 nitrogen and oxygen atoms in total.